The topological polar surface area (TPSA) is 23.8 Å². The summed E-state index contributed by atoms with van der Waals surface area (Å²) in [6.45, 7) is 0. The van der Waals surface area contributed by atoms with Gasteiger partial charge in [-0.25, -0.2) is 8.78 Å². The van der Waals surface area contributed by atoms with Gasteiger partial charge in [0.05, 0.1) is 0 Å². The van der Waals surface area contributed by atoms with Gasteiger partial charge in [0.25, 0.3) is 0 Å². The van der Waals surface area contributed by atoms with Crippen molar-refractivity contribution >= 4 is 21.4 Å². The van der Waals surface area contributed by atoms with Gasteiger partial charge in [-0.15, -0.1) is 11.3 Å². The van der Waals surface area contributed by atoms with Crippen molar-refractivity contribution in [3.05, 3.63) is 34.7 Å². The van der Waals surface area contributed by atoms with Crippen LogP contribution in [0.25, 0.3) is 10.1 Å². The van der Waals surface area contributed by atoms with E-state index in [1.807, 2.05) is 0 Å². The fourth-order valence-corrected chi connectivity index (χ4v) is 2.02. The second-order valence-corrected chi connectivity index (χ2v) is 3.55. The fraction of sp³-hybridized carbons (Fsp3) is 0. The van der Waals surface area contributed by atoms with Gasteiger partial charge in [0.15, 0.2) is 5.82 Å². The molecule has 1 aromatic carbocycles. The van der Waals surface area contributed by atoms with Crippen LogP contribution < -0.4 is 0 Å². The lowest BCUT2D eigenvalue weighted by Gasteiger charge is -1.88. The normalized spacial score (nSPS) is 10.2. The molecule has 0 amide bonds. The summed E-state index contributed by atoms with van der Waals surface area (Å²) in [5.41, 5.74) is 0. The molecule has 64 valence electrons. The van der Waals surface area contributed by atoms with Crippen molar-refractivity contribution in [3.63, 3.8) is 0 Å². The van der Waals surface area contributed by atoms with Crippen LogP contribution in [0.15, 0.2) is 18.2 Å². The number of halogens is 2. The van der Waals surface area contributed by atoms with E-state index in [2.05, 4.69) is 0 Å². The molecule has 0 saturated heterocycles. The Morgan fingerprint density at radius 1 is 1.31 bits per heavy atom. The maximum atomic E-state index is 13.2. The van der Waals surface area contributed by atoms with Crippen LogP contribution in [0.1, 0.15) is 4.88 Å². The minimum absolute atomic E-state index is 0.000556. The number of nitriles is 1. The van der Waals surface area contributed by atoms with Gasteiger partial charge in [-0.1, -0.05) is 0 Å². The van der Waals surface area contributed by atoms with E-state index in [1.165, 1.54) is 18.2 Å². The first kappa shape index (κ1) is 8.14. The predicted molar refractivity (Wildman–Crippen MR) is 46.5 cm³/mol. The Bertz CT molecular complexity index is 510. The lowest BCUT2D eigenvalue weighted by molar-refractivity contribution is 0.628. The molecule has 0 spiro atoms. The zero-order chi connectivity index (χ0) is 9.42. The fourth-order valence-electron chi connectivity index (χ4n) is 1.11. The average Bonchev–Trinajstić information content (AvgIpc) is 2.42. The molecule has 1 nitrogen and oxygen atoms in total. The molecule has 13 heavy (non-hydrogen) atoms. The van der Waals surface area contributed by atoms with E-state index in [4.69, 9.17) is 5.26 Å². The molecule has 2 rings (SSSR count). The molecule has 0 unspecified atom stereocenters. The van der Waals surface area contributed by atoms with Gasteiger partial charge in [-0.3, -0.25) is 0 Å². The third-order valence-electron chi connectivity index (χ3n) is 1.69. The number of benzene rings is 1. The number of rotatable bonds is 0. The Morgan fingerprint density at radius 3 is 2.77 bits per heavy atom. The number of thiophene rings is 1. The minimum Gasteiger partial charge on any atom is -0.207 e. The molecule has 0 atom stereocenters. The van der Waals surface area contributed by atoms with E-state index in [0.29, 0.717) is 10.1 Å². The van der Waals surface area contributed by atoms with Gasteiger partial charge in [0.2, 0.25) is 0 Å². The highest BCUT2D eigenvalue weighted by Crippen LogP contribution is 2.29. The molecule has 0 aliphatic heterocycles. The summed E-state index contributed by atoms with van der Waals surface area (Å²) in [5.74, 6) is -0.972. The van der Waals surface area contributed by atoms with Crippen molar-refractivity contribution in [1.29, 1.82) is 5.26 Å². The van der Waals surface area contributed by atoms with Crippen LogP contribution in [0.2, 0.25) is 0 Å². The largest absolute Gasteiger partial charge is 0.207 e. The smallest absolute Gasteiger partial charge is 0.159 e. The summed E-state index contributed by atoms with van der Waals surface area (Å²) < 4.78 is 26.4. The predicted octanol–water partition coefficient (Wildman–Crippen LogP) is 3.05. The quantitative estimate of drug-likeness (QED) is 0.633. The van der Waals surface area contributed by atoms with E-state index < -0.39 is 11.6 Å². The Kier molecular flexibility index (Phi) is 1.74. The lowest BCUT2D eigenvalue weighted by atomic mass is 10.2. The number of nitrogens with zero attached hydrogens (tertiary/aromatic N) is 1. The van der Waals surface area contributed by atoms with Crippen LogP contribution in [-0.2, 0) is 0 Å². The van der Waals surface area contributed by atoms with Gasteiger partial charge >= 0.3 is 0 Å². The summed E-state index contributed by atoms with van der Waals surface area (Å²) in [5, 5.41) is 8.82. The van der Waals surface area contributed by atoms with E-state index in [0.717, 1.165) is 11.3 Å². The molecule has 0 aliphatic rings. The zero-order valence-corrected chi connectivity index (χ0v) is 7.16. The van der Waals surface area contributed by atoms with Crippen molar-refractivity contribution in [2.45, 2.75) is 0 Å². The highest BCUT2D eigenvalue weighted by Gasteiger charge is 2.11. The first-order valence-corrected chi connectivity index (χ1v) is 4.31. The molecule has 1 aromatic heterocycles. The van der Waals surface area contributed by atoms with Crippen molar-refractivity contribution < 1.29 is 8.78 Å². The standard InChI is InChI=1S/C9H3F2NS/c10-5-1-2-6-7(3-5)13-8(4-12)9(6)11/h1-3H. The first-order valence-electron chi connectivity index (χ1n) is 3.50. The van der Waals surface area contributed by atoms with Crippen molar-refractivity contribution in [1.82, 2.24) is 0 Å². The average molecular weight is 195 g/mol. The highest BCUT2D eigenvalue weighted by molar-refractivity contribution is 7.19. The van der Waals surface area contributed by atoms with E-state index in [-0.39, 0.29) is 4.88 Å². The Labute approximate surface area is 76.8 Å². The van der Waals surface area contributed by atoms with Crippen LogP contribution in [0.4, 0.5) is 8.78 Å². The van der Waals surface area contributed by atoms with Gasteiger partial charge in [0.1, 0.15) is 16.8 Å². The van der Waals surface area contributed by atoms with E-state index in [1.54, 1.807) is 6.07 Å². The van der Waals surface area contributed by atoms with Crippen LogP contribution in [0.3, 0.4) is 0 Å². The molecule has 1 heterocycles. The summed E-state index contributed by atoms with van der Waals surface area (Å²) in [7, 11) is 0. The van der Waals surface area contributed by atoms with E-state index in [9.17, 15) is 8.78 Å². The second-order valence-electron chi connectivity index (χ2n) is 2.50. The zero-order valence-electron chi connectivity index (χ0n) is 6.34. The maximum absolute atomic E-state index is 13.2. The Morgan fingerprint density at radius 2 is 2.08 bits per heavy atom. The Hall–Kier alpha value is -1.47. The van der Waals surface area contributed by atoms with Gasteiger partial charge in [-0.05, 0) is 18.2 Å². The molecule has 0 radical (unpaired) electrons. The summed E-state index contributed by atoms with van der Waals surface area (Å²) in [6, 6.07) is 5.48. The number of hydrogen-bond acceptors (Lipinski definition) is 2. The number of fused-ring (bicyclic) bond motifs is 1. The van der Waals surface area contributed by atoms with Crippen molar-refractivity contribution in [2.75, 3.05) is 0 Å². The summed E-state index contributed by atoms with van der Waals surface area (Å²) >= 11 is 0.962. The molecule has 0 N–H and O–H groups in total. The van der Waals surface area contributed by atoms with Gasteiger partial charge in [0, 0.05) is 10.1 Å². The summed E-state index contributed by atoms with van der Waals surface area (Å²) in [4.78, 5) is 0.000556. The third kappa shape index (κ3) is 1.18. The highest BCUT2D eigenvalue weighted by atomic mass is 32.1. The molecular weight excluding hydrogens is 192 g/mol. The molecule has 0 aliphatic carbocycles. The van der Waals surface area contributed by atoms with Crippen LogP contribution in [0, 0.1) is 23.0 Å². The van der Waals surface area contributed by atoms with Crippen LogP contribution in [0.5, 0.6) is 0 Å². The Balaban J connectivity index is 2.86. The van der Waals surface area contributed by atoms with Gasteiger partial charge in [-0.2, -0.15) is 5.26 Å². The van der Waals surface area contributed by atoms with Gasteiger partial charge < -0.3 is 0 Å². The third-order valence-corrected chi connectivity index (χ3v) is 2.73. The molecule has 0 fully saturated rings. The van der Waals surface area contributed by atoms with Crippen LogP contribution >= 0.6 is 11.3 Å². The molecule has 4 heteroatoms. The first-order chi connectivity index (χ1) is 6.22. The molecule has 2 aromatic rings. The summed E-state index contributed by atoms with van der Waals surface area (Å²) in [6.07, 6.45) is 0. The minimum atomic E-state index is -0.553. The molecule has 0 bridgehead atoms. The molecule has 0 saturated carbocycles. The van der Waals surface area contributed by atoms with Crippen molar-refractivity contribution in [2.24, 2.45) is 0 Å². The van der Waals surface area contributed by atoms with Crippen molar-refractivity contribution in [3.8, 4) is 6.07 Å². The lowest BCUT2D eigenvalue weighted by Crippen LogP contribution is -1.74. The second kappa shape index (κ2) is 2.79. The SMILES string of the molecule is N#Cc1sc2cc(F)ccc2c1F. The number of hydrogen-bond donors (Lipinski definition) is 0. The maximum Gasteiger partial charge on any atom is 0.159 e. The van der Waals surface area contributed by atoms with E-state index >= 15 is 0 Å². The monoisotopic (exact) mass is 195 g/mol. The van der Waals surface area contributed by atoms with Crippen LogP contribution in [-0.4, -0.2) is 0 Å². The molecular formula is C9H3F2NS.